The zero-order valence-electron chi connectivity index (χ0n) is 17.0. The Balaban J connectivity index is 1.50. The van der Waals surface area contributed by atoms with Gasteiger partial charge in [-0.2, -0.15) is 0 Å². The van der Waals surface area contributed by atoms with E-state index in [9.17, 15) is 15.0 Å². The van der Waals surface area contributed by atoms with Crippen LogP contribution in [0, 0.1) is 5.92 Å². The second-order valence-electron chi connectivity index (χ2n) is 8.52. The second-order valence-corrected chi connectivity index (χ2v) is 8.95. The molecule has 4 aromatic rings. The number of ether oxygens (including phenoxy) is 1. The van der Waals surface area contributed by atoms with Crippen LogP contribution in [0.2, 0.25) is 5.02 Å². The second kappa shape index (κ2) is 6.66. The van der Waals surface area contributed by atoms with Crippen LogP contribution in [0.4, 0.5) is 0 Å². The highest BCUT2D eigenvalue weighted by molar-refractivity contribution is 6.30. The van der Waals surface area contributed by atoms with E-state index in [1.165, 1.54) is 0 Å². The average molecular weight is 443 g/mol. The first-order valence-corrected chi connectivity index (χ1v) is 10.9. The average Bonchev–Trinajstić information content (AvgIpc) is 2.81. The minimum Gasteiger partial charge on any atom is -0.426 e. The lowest BCUT2D eigenvalue weighted by Gasteiger charge is -2.53. The van der Waals surface area contributed by atoms with Crippen LogP contribution in [0.15, 0.2) is 84.9 Å². The maximum absolute atomic E-state index is 13.5. The van der Waals surface area contributed by atoms with E-state index in [4.69, 9.17) is 16.3 Å². The normalized spacial score (nSPS) is 25.3. The molecule has 3 atom stereocenters. The van der Waals surface area contributed by atoms with Crippen LogP contribution >= 0.6 is 11.6 Å². The summed E-state index contributed by atoms with van der Waals surface area (Å²) in [6.45, 7) is 0. The zero-order chi connectivity index (χ0) is 22.1. The molecule has 0 amide bonds. The van der Waals surface area contributed by atoms with Crippen LogP contribution in [0.1, 0.15) is 28.7 Å². The third-order valence-corrected chi connectivity index (χ3v) is 7.10. The van der Waals surface area contributed by atoms with Crippen LogP contribution in [-0.4, -0.2) is 16.2 Å². The Morgan fingerprint density at radius 3 is 2.38 bits per heavy atom. The number of hydrogen-bond donors (Lipinski definition) is 2. The Bertz CT molecular complexity index is 1410. The maximum Gasteiger partial charge on any atom is 0.318 e. The molecule has 0 spiro atoms. The maximum atomic E-state index is 13.5. The highest BCUT2D eigenvalue weighted by atomic mass is 35.5. The molecule has 0 saturated heterocycles. The summed E-state index contributed by atoms with van der Waals surface area (Å²) in [7, 11) is 0. The molecule has 158 valence electrons. The number of hydrogen-bond acceptors (Lipinski definition) is 4. The molecular weight excluding hydrogens is 424 g/mol. The van der Waals surface area contributed by atoms with Crippen LogP contribution in [0.25, 0.3) is 10.8 Å². The Labute approximate surface area is 189 Å². The number of rotatable bonds is 2. The summed E-state index contributed by atoms with van der Waals surface area (Å²) >= 11 is 6.23. The lowest BCUT2D eigenvalue weighted by molar-refractivity contribution is -0.157. The van der Waals surface area contributed by atoms with E-state index in [0.29, 0.717) is 33.0 Å². The van der Waals surface area contributed by atoms with Crippen molar-refractivity contribution in [3.05, 3.63) is 112 Å². The summed E-state index contributed by atoms with van der Waals surface area (Å²) in [5.74, 6) is -1.15. The van der Waals surface area contributed by atoms with Crippen molar-refractivity contribution in [3.63, 3.8) is 0 Å². The van der Waals surface area contributed by atoms with E-state index < -0.39 is 23.1 Å². The van der Waals surface area contributed by atoms with Crippen LogP contribution in [-0.2, 0) is 16.0 Å². The molecule has 4 nitrogen and oxygen atoms in total. The third-order valence-electron chi connectivity index (χ3n) is 6.87. The van der Waals surface area contributed by atoms with Gasteiger partial charge in [-0.05, 0) is 45.8 Å². The largest absolute Gasteiger partial charge is 0.426 e. The predicted molar refractivity (Wildman–Crippen MR) is 122 cm³/mol. The molecule has 4 aromatic carbocycles. The quantitative estimate of drug-likeness (QED) is 0.342. The summed E-state index contributed by atoms with van der Waals surface area (Å²) in [4.78, 5) is 13.5. The molecule has 5 heteroatoms. The first-order valence-electron chi connectivity index (χ1n) is 10.5. The van der Waals surface area contributed by atoms with Crippen molar-refractivity contribution in [1.29, 1.82) is 0 Å². The number of aliphatic hydroxyl groups is 2. The number of carbonyl (C=O) groups is 1. The van der Waals surface area contributed by atoms with Gasteiger partial charge in [0.15, 0.2) is 0 Å². The van der Waals surface area contributed by atoms with Crippen molar-refractivity contribution in [2.45, 2.75) is 17.6 Å². The molecule has 3 unspecified atom stereocenters. The van der Waals surface area contributed by atoms with E-state index in [1.807, 2.05) is 42.5 Å². The van der Waals surface area contributed by atoms with Gasteiger partial charge in [0.05, 0.1) is 5.92 Å². The topological polar surface area (TPSA) is 66.8 Å². The van der Waals surface area contributed by atoms with Gasteiger partial charge in [0, 0.05) is 16.8 Å². The molecule has 3 aliphatic carbocycles. The Kier molecular flexibility index (Phi) is 4.06. The van der Waals surface area contributed by atoms with Crippen molar-refractivity contribution >= 4 is 28.3 Å². The minimum atomic E-state index is -1.64. The lowest BCUT2D eigenvalue weighted by Crippen LogP contribution is -2.57. The van der Waals surface area contributed by atoms with E-state index in [-0.39, 0.29) is 6.42 Å². The van der Waals surface area contributed by atoms with Gasteiger partial charge < -0.3 is 14.9 Å². The molecule has 0 aliphatic heterocycles. The third kappa shape index (κ3) is 2.49. The molecule has 2 N–H and O–H groups in total. The van der Waals surface area contributed by atoms with E-state index in [1.54, 1.807) is 42.5 Å². The van der Waals surface area contributed by atoms with Gasteiger partial charge in [-0.1, -0.05) is 78.3 Å². The van der Waals surface area contributed by atoms with Gasteiger partial charge in [0.1, 0.15) is 17.0 Å². The van der Waals surface area contributed by atoms with E-state index in [2.05, 4.69) is 0 Å². The van der Waals surface area contributed by atoms with Crippen molar-refractivity contribution in [1.82, 2.24) is 0 Å². The minimum absolute atomic E-state index is 0.00252. The predicted octanol–water partition coefficient (Wildman–Crippen LogP) is 4.90. The molecule has 2 bridgehead atoms. The fourth-order valence-corrected chi connectivity index (χ4v) is 5.59. The van der Waals surface area contributed by atoms with Crippen LogP contribution < -0.4 is 4.74 Å². The zero-order valence-corrected chi connectivity index (χ0v) is 17.7. The number of halogens is 1. The molecule has 7 rings (SSSR count). The van der Waals surface area contributed by atoms with Crippen molar-refractivity contribution < 1.29 is 19.7 Å². The smallest absolute Gasteiger partial charge is 0.318 e. The number of esters is 1. The molecule has 3 aliphatic rings. The van der Waals surface area contributed by atoms with Gasteiger partial charge in [0.25, 0.3) is 0 Å². The Morgan fingerprint density at radius 2 is 1.53 bits per heavy atom. The van der Waals surface area contributed by atoms with Crippen LogP contribution in [0.5, 0.6) is 5.75 Å². The first kappa shape index (κ1) is 19.5. The molecule has 0 fully saturated rings. The molecule has 0 heterocycles. The summed E-state index contributed by atoms with van der Waals surface area (Å²) in [6, 6.07) is 25.3. The SMILES string of the molecule is O=C(Oc1cccc2ccccc12)C1CC2(O)c3ccccc3C1(O)c1ccc(Cl)cc12. The van der Waals surface area contributed by atoms with Gasteiger partial charge in [-0.15, -0.1) is 0 Å². The first-order chi connectivity index (χ1) is 15.4. The molecule has 0 aromatic heterocycles. The lowest BCUT2D eigenvalue weighted by atomic mass is 9.54. The number of carbonyl (C=O) groups excluding carboxylic acids is 1. The van der Waals surface area contributed by atoms with Gasteiger partial charge in [-0.25, -0.2) is 0 Å². The van der Waals surface area contributed by atoms with Gasteiger partial charge >= 0.3 is 5.97 Å². The molecular formula is C27H19ClO4. The summed E-state index contributed by atoms with van der Waals surface area (Å²) in [5, 5.41) is 26.2. The monoisotopic (exact) mass is 442 g/mol. The van der Waals surface area contributed by atoms with E-state index >= 15 is 0 Å². The Morgan fingerprint density at radius 1 is 0.844 bits per heavy atom. The highest BCUT2D eigenvalue weighted by Crippen LogP contribution is 2.60. The van der Waals surface area contributed by atoms with Crippen molar-refractivity contribution in [3.8, 4) is 5.75 Å². The summed E-state index contributed by atoms with van der Waals surface area (Å²) < 4.78 is 5.85. The molecule has 0 saturated carbocycles. The van der Waals surface area contributed by atoms with Crippen LogP contribution in [0.3, 0.4) is 0 Å². The molecule has 0 radical (unpaired) electrons. The number of benzene rings is 4. The van der Waals surface area contributed by atoms with Gasteiger partial charge in [-0.3, -0.25) is 4.79 Å². The van der Waals surface area contributed by atoms with Gasteiger partial charge in [0.2, 0.25) is 0 Å². The summed E-state index contributed by atoms with van der Waals surface area (Å²) in [5.41, 5.74) is -0.976. The number of fused-ring (bicyclic) bond motifs is 2. The standard InChI is InChI=1S/C27H19ClO4/c28-17-12-13-21-22(14-17)26(30)15-23(27(21,31)20-10-4-3-9-19(20)26)25(29)32-24-11-5-7-16-6-1-2-8-18(16)24/h1-14,23,30-31H,15H2. The fourth-order valence-electron chi connectivity index (χ4n) is 5.41. The van der Waals surface area contributed by atoms with Crippen molar-refractivity contribution in [2.75, 3.05) is 0 Å². The molecule has 32 heavy (non-hydrogen) atoms. The van der Waals surface area contributed by atoms with E-state index in [0.717, 1.165) is 10.8 Å². The highest BCUT2D eigenvalue weighted by Gasteiger charge is 2.62. The summed E-state index contributed by atoms with van der Waals surface area (Å²) in [6.07, 6.45) is -0.00252. The fraction of sp³-hybridized carbons (Fsp3) is 0.148. The Hall–Kier alpha value is -3.18. The van der Waals surface area contributed by atoms with Crippen molar-refractivity contribution in [2.24, 2.45) is 5.92 Å².